The van der Waals surface area contributed by atoms with Crippen molar-refractivity contribution < 1.29 is 23.9 Å². The van der Waals surface area contributed by atoms with Crippen LogP contribution in [0.5, 0.6) is 0 Å². The Labute approximate surface area is 107 Å². The van der Waals surface area contributed by atoms with Gasteiger partial charge < -0.3 is 21.5 Å². The average Bonchev–Trinajstić information content (AvgIpc) is 2.37. The monoisotopic (exact) mass is 269 g/mol. The van der Waals surface area contributed by atoms with Crippen LogP contribution in [-0.4, -0.2) is 36.0 Å². The number of carbonyl (C=O) groups is 3. The third kappa shape index (κ3) is 4.36. The van der Waals surface area contributed by atoms with Gasteiger partial charge in [-0.05, 0) is 18.2 Å². The smallest absolute Gasteiger partial charge is 0.338 e. The van der Waals surface area contributed by atoms with E-state index in [1.165, 1.54) is 6.07 Å². The summed E-state index contributed by atoms with van der Waals surface area (Å²) in [7, 11) is 0. The van der Waals surface area contributed by atoms with Gasteiger partial charge in [0.1, 0.15) is 5.82 Å². The largest absolute Gasteiger partial charge is 0.478 e. The van der Waals surface area contributed by atoms with Crippen molar-refractivity contribution in [2.24, 2.45) is 5.73 Å². The van der Waals surface area contributed by atoms with E-state index < -0.39 is 29.2 Å². The minimum Gasteiger partial charge on any atom is -0.478 e. The van der Waals surface area contributed by atoms with Gasteiger partial charge in [0.15, 0.2) is 0 Å². The maximum Gasteiger partial charge on any atom is 0.338 e. The van der Waals surface area contributed by atoms with Crippen LogP contribution >= 0.6 is 0 Å². The molecule has 7 nitrogen and oxygen atoms in total. The molecule has 0 atom stereocenters. The van der Waals surface area contributed by atoms with Gasteiger partial charge >= 0.3 is 5.97 Å². The highest BCUT2D eigenvalue weighted by Crippen LogP contribution is 2.14. The number of nitrogens with one attached hydrogen (secondary N) is 2. The van der Waals surface area contributed by atoms with E-state index >= 15 is 0 Å². The normalized spacial score (nSPS) is 9.79. The molecule has 0 saturated carbocycles. The summed E-state index contributed by atoms with van der Waals surface area (Å²) in [6, 6.07) is 3.13. The van der Waals surface area contributed by atoms with Crippen LogP contribution < -0.4 is 16.4 Å². The molecule has 0 bridgehead atoms. The highest BCUT2D eigenvalue weighted by molar-refractivity contribution is 5.96. The van der Waals surface area contributed by atoms with Gasteiger partial charge in [-0.25, -0.2) is 9.18 Å². The highest BCUT2D eigenvalue weighted by Gasteiger charge is 2.12. The number of carboxylic acids is 1. The Kier molecular flexibility index (Phi) is 4.95. The zero-order chi connectivity index (χ0) is 14.4. The molecule has 2 amide bonds. The summed E-state index contributed by atoms with van der Waals surface area (Å²) < 4.78 is 13.1. The number of aromatic carboxylic acids is 1. The molecular weight excluding hydrogens is 257 g/mol. The standard InChI is InChI=1S/C11H12FN3O4/c12-8-2-1-6(3-7(8)11(18)19)15-10(17)5-14-9(16)4-13/h1-3H,4-5,13H2,(H,14,16)(H,15,17)(H,18,19). The Hall–Kier alpha value is -2.48. The van der Waals surface area contributed by atoms with Crippen LogP contribution in [0.4, 0.5) is 10.1 Å². The Balaban J connectivity index is 2.67. The van der Waals surface area contributed by atoms with Crippen LogP contribution in [0.15, 0.2) is 18.2 Å². The minimum absolute atomic E-state index is 0.116. The number of halogens is 1. The molecule has 5 N–H and O–H groups in total. The Bertz CT molecular complexity index is 519. The number of benzene rings is 1. The fourth-order valence-corrected chi connectivity index (χ4v) is 1.22. The van der Waals surface area contributed by atoms with E-state index in [9.17, 15) is 18.8 Å². The fourth-order valence-electron chi connectivity index (χ4n) is 1.22. The first kappa shape index (κ1) is 14.6. The number of hydrogen-bond acceptors (Lipinski definition) is 4. The van der Waals surface area contributed by atoms with Gasteiger partial charge in [0.25, 0.3) is 0 Å². The lowest BCUT2D eigenvalue weighted by molar-refractivity contribution is -0.123. The van der Waals surface area contributed by atoms with E-state index in [1.807, 2.05) is 0 Å². The molecule has 0 heterocycles. The molecule has 8 heteroatoms. The first-order chi connectivity index (χ1) is 8.93. The van der Waals surface area contributed by atoms with Crippen LogP contribution in [0.1, 0.15) is 10.4 Å². The van der Waals surface area contributed by atoms with Crippen LogP contribution in [0, 0.1) is 5.82 Å². The molecule has 0 aliphatic heterocycles. The van der Waals surface area contributed by atoms with E-state index in [-0.39, 0.29) is 18.8 Å². The summed E-state index contributed by atoms with van der Waals surface area (Å²) in [5.74, 6) is -3.42. The topological polar surface area (TPSA) is 122 Å². The number of nitrogens with two attached hydrogens (primary N) is 1. The molecule has 1 aromatic carbocycles. The van der Waals surface area contributed by atoms with Gasteiger partial charge in [0.2, 0.25) is 11.8 Å². The van der Waals surface area contributed by atoms with Crippen LogP contribution in [-0.2, 0) is 9.59 Å². The molecule has 0 saturated heterocycles. The lowest BCUT2D eigenvalue weighted by Crippen LogP contribution is -2.36. The second-order valence-electron chi connectivity index (χ2n) is 3.53. The van der Waals surface area contributed by atoms with E-state index in [0.29, 0.717) is 0 Å². The van der Waals surface area contributed by atoms with Crippen molar-refractivity contribution in [1.29, 1.82) is 0 Å². The van der Waals surface area contributed by atoms with Crippen molar-refractivity contribution in [3.8, 4) is 0 Å². The number of anilines is 1. The van der Waals surface area contributed by atoms with E-state index in [0.717, 1.165) is 12.1 Å². The number of hydrogen-bond donors (Lipinski definition) is 4. The van der Waals surface area contributed by atoms with Crippen molar-refractivity contribution in [2.45, 2.75) is 0 Å². The van der Waals surface area contributed by atoms with Crippen LogP contribution in [0.3, 0.4) is 0 Å². The maximum absolute atomic E-state index is 13.1. The highest BCUT2D eigenvalue weighted by atomic mass is 19.1. The summed E-state index contributed by atoms with van der Waals surface area (Å²) >= 11 is 0. The van der Waals surface area contributed by atoms with E-state index in [1.54, 1.807) is 0 Å². The van der Waals surface area contributed by atoms with Crippen molar-refractivity contribution in [1.82, 2.24) is 5.32 Å². The Morgan fingerprint density at radius 2 is 1.95 bits per heavy atom. The zero-order valence-corrected chi connectivity index (χ0v) is 9.77. The first-order valence-electron chi connectivity index (χ1n) is 5.23. The van der Waals surface area contributed by atoms with Crippen molar-refractivity contribution >= 4 is 23.5 Å². The molecule has 0 radical (unpaired) electrons. The summed E-state index contributed by atoms with van der Waals surface area (Å²) in [5.41, 5.74) is 4.59. The van der Waals surface area contributed by atoms with Crippen molar-refractivity contribution in [2.75, 3.05) is 18.4 Å². The summed E-state index contributed by atoms with van der Waals surface area (Å²) in [5, 5.41) is 13.3. The van der Waals surface area contributed by atoms with Crippen LogP contribution in [0.2, 0.25) is 0 Å². The lowest BCUT2D eigenvalue weighted by atomic mass is 10.2. The summed E-state index contributed by atoms with van der Waals surface area (Å²) in [6.07, 6.45) is 0. The molecule has 0 aromatic heterocycles. The van der Waals surface area contributed by atoms with Gasteiger partial charge in [-0.3, -0.25) is 9.59 Å². The molecule has 1 rings (SSSR count). The van der Waals surface area contributed by atoms with Crippen molar-refractivity contribution in [3.05, 3.63) is 29.6 Å². The molecule has 0 spiro atoms. The second kappa shape index (κ2) is 6.45. The van der Waals surface area contributed by atoms with Gasteiger partial charge in [-0.1, -0.05) is 0 Å². The minimum atomic E-state index is -1.44. The van der Waals surface area contributed by atoms with Gasteiger partial charge in [0, 0.05) is 5.69 Å². The zero-order valence-electron chi connectivity index (χ0n) is 9.77. The SMILES string of the molecule is NCC(=O)NCC(=O)Nc1ccc(F)c(C(=O)O)c1. The van der Waals surface area contributed by atoms with Gasteiger partial charge in [0.05, 0.1) is 18.7 Å². The van der Waals surface area contributed by atoms with Gasteiger partial charge in [-0.15, -0.1) is 0 Å². The molecule has 1 aromatic rings. The predicted octanol–water partition coefficient (Wildman–Crippen LogP) is -0.463. The molecule has 102 valence electrons. The molecule has 0 unspecified atom stereocenters. The predicted molar refractivity (Wildman–Crippen MR) is 64.1 cm³/mol. The van der Waals surface area contributed by atoms with Crippen molar-refractivity contribution in [3.63, 3.8) is 0 Å². The Morgan fingerprint density at radius 3 is 2.53 bits per heavy atom. The first-order valence-corrected chi connectivity index (χ1v) is 5.23. The van der Waals surface area contributed by atoms with E-state index in [2.05, 4.69) is 10.6 Å². The molecule has 0 aliphatic rings. The Morgan fingerprint density at radius 1 is 1.26 bits per heavy atom. The number of amides is 2. The average molecular weight is 269 g/mol. The van der Waals surface area contributed by atoms with E-state index in [4.69, 9.17) is 10.8 Å². The molecule has 19 heavy (non-hydrogen) atoms. The molecule has 0 aliphatic carbocycles. The quantitative estimate of drug-likeness (QED) is 0.576. The third-order valence-electron chi connectivity index (χ3n) is 2.11. The molecule has 0 fully saturated rings. The number of carbonyl (C=O) groups excluding carboxylic acids is 2. The summed E-state index contributed by atoms with van der Waals surface area (Å²) in [6.45, 7) is -0.553. The van der Waals surface area contributed by atoms with Crippen LogP contribution in [0.25, 0.3) is 0 Å². The second-order valence-corrected chi connectivity index (χ2v) is 3.53. The third-order valence-corrected chi connectivity index (χ3v) is 2.11. The number of carboxylic acid groups (broad SMARTS) is 1. The fraction of sp³-hybridized carbons (Fsp3) is 0.182. The lowest BCUT2D eigenvalue weighted by Gasteiger charge is -2.07. The maximum atomic E-state index is 13.1. The molecular formula is C11H12FN3O4. The number of rotatable bonds is 5. The van der Waals surface area contributed by atoms with Gasteiger partial charge in [-0.2, -0.15) is 0 Å². The summed E-state index contributed by atoms with van der Waals surface area (Å²) in [4.78, 5) is 32.9.